The lowest BCUT2D eigenvalue weighted by atomic mass is 9.77. The summed E-state index contributed by atoms with van der Waals surface area (Å²) in [6.45, 7) is 8.21. The van der Waals surface area contributed by atoms with Crippen molar-refractivity contribution in [1.29, 1.82) is 0 Å². The van der Waals surface area contributed by atoms with Crippen LogP contribution in [0.2, 0.25) is 0 Å². The van der Waals surface area contributed by atoms with Gasteiger partial charge in [0.1, 0.15) is 24.6 Å². The van der Waals surface area contributed by atoms with Crippen LogP contribution in [0, 0.1) is 6.92 Å². The molecule has 3 aliphatic heterocycles. The van der Waals surface area contributed by atoms with Crippen molar-refractivity contribution in [3.8, 4) is 17.2 Å². The first-order valence-corrected chi connectivity index (χ1v) is 11.5. The Morgan fingerprint density at radius 1 is 0.971 bits per heavy atom. The van der Waals surface area contributed by atoms with E-state index in [1.807, 2.05) is 48.5 Å². The van der Waals surface area contributed by atoms with Gasteiger partial charge in [0.15, 0.2) is 16.9 Å². The number of ether oxygens (including phenoxy) is 4. The number of benzene rings is 3. The highest BCUT2D eigenvalue weighted by atomic mass is 16.7. The highest BCUT2D eigenvalue weighted by Crippen LogP contribution is 2.57. The van der Waals surface area contributed by atoms with E-state index in [2.05, 4.69) is 12.1 Å². The molecule has 6 heteroatoms. The maximum Gasteiger partial charge on any atom is 0.338 e. The molecular formula is C28H26NO5+. The van der Waals surface area contributed by atoms with Crippen molar-refractivity contribution in [2.45, 2.75) is 18.4 Å². The predicted octanol–water partition coefficient (Wildman–Crippen LogP) is 4.24. The summed E-state index contributed by atoms with van der Waals surface area (Å²) in [5.41, 5.74) is 3.61. The van der Waals surface area contributed by atoms with E-state index in [0.717, 1.165) is 28.8 Å². The number of hydrogen-bond acceptors (Lipinski definition) is 5. The summed E-state index contributed by atoms with van der Waals surface area (Å²) in [7, 11) is 1.69. The Morgan fingerprint density at radius 3 is 2.62 bits per heavy atom. The van der Waals surface area contributed by atoms with E-state index in [1.165, 1.54) is 0 Å². The van der Waals surface area contributed by atoms with Crippen LogP contribution in [-0.4, -0.2) is 39.6 Å². The molecule has 6 rings (SSSR count). The van der Waals surface area contributed by atoms with Crippen molar-refractivity contribution in [2.24, 2.45) is 0 Å². The summed E-state index contributed by atoms with van der Waals surface area (Å²) in [6, 6.07) is 19.7. The number of amides is 1. The summed E-state index contributed by atoms with van der Waals surface area (Å²) in [4.78, 5) is 14.8. The molecule has 6 nitrogen and oxygen atoms in total. The number of para-hydroxylation sites is 1. The van der Waals surface area contributed by atoms with Gasteiger partial charge in [-0.2, -0.15) is 0 Å². The zero-order chi connectivity index (χ0) is 23.3. The molecule has 2 unspecified atom stereocenters. The van der Waals surface area contributed by atoms with Crippen LogP contribution in [-0.2, 0) is 21.5 Å². The third kappa shape index (κ3) is 2.92. The quantitative estimate of drug-likeness (QED) is 0.410. The smallest absolute Gasteiger partial charge is 0.338 e. The van der Waals surface area contributed by atoms with E-state index in [0.29, 0.717) is 42.5 Å². The van der Waals surface area contributed by atoms with Crippen molar-refractivity contribution in [3.63, 3.8) is 0 Å². The molecule has 1 spiro atoms. The summed E-state index contributed by atoms with van der Waals surface area (Å²) >= 11 is 0. The van der Waals surface area contributed by atoms with Gasteiger partial charge in [0.2, 0.25) is 6.79 Å². The second-order valence-electron chi connectivity index (χ2n) is 9.16. The number of quaternary nitrogens is 1. The Hall–Kier alpha value is -3.35. The number of rotatable bonds is 6. The van der Waals surface area contributed by atoms with E-state index < -0.39 is 5.41 Å². The largest absolute Gasteiger partial charge is 0.491 e. The van der Waals surface area contributed by atoms with Gasteiger partial charge < -0.3 is 18.9 Å². The van der Waals surface area contributed by atoms with Gasteiger partial charge in [-0.15, -0.1) is 0 Å². The van der Waals surface area contributed by atoms with Crippen LogP contribution in [0.25, 0.3) is 0 Å². The third-order valence-electron chi connectivity index (χ3n) is 7.25. The number of carbonyl (C=O) groups is 1. The van der Waals surface area contributed by atoms with Gasteiger partial charge in [0.25, 0.3) is 0 Å². The number of nitrogens with zero attached hydrogens (tertiary/aromatic N) is 1. The molecule has 2 atom stereocenters. The Balaban J connectivity index is 1.54. The van der Waals surface area contributed by atoms with Gasteiger partial charge in [0, 0.05) is 36.3 Å². The topological polar surface area (TPSA) is 54.0 Å². The summed E-state index contributed by atoms with van der Waals surface area (Å²) in [5.74, 6) is 2.07. The van der Waals surface area contributed by atoms with Crippen molar-refractivity contribution >= 4 is 11.6 Å². The summed E-state index contributed by atoms with van der Waals surface area (Å²) < 4.78 is 22.9. The van der Waals surface area contributed by atoms with Crippen LogP contribution in [0.4, 0.5) is 5.69 Å². The highest BCUT2D eigenvalue weighted by Gasteiger charge is 2.66. The molecule has 3 aliphatic rings. The standard InChI is InChI=1S/C28H26NO5/c1-19-7-5-8-20(13-19)16-29(11-6-12-31-2)23-10-4-3-9-21(23)28(27(29)30)17-32-24-15-26-25(14-22(24)28)33-18-34-26/h1,3-5,7-10,13-15H,6,11-12,16-18H2,2H3/q+1. The number of methoxy groups -OCH3 is 1. The van der Waals surface area contributed by atoms with Crippen molar-refractivity contribution < 1.29 is 23.7 Å². The molecule has 0 fully saturated rings. The van der Waals surface area contributed by atoms with Gasteiger partial charge in [-0.1, -0.05) is 36.4 Å². The maximum atomic E-state index is 14.8. The Bertz CT molecular complexity index is 1290. The Kier molecular flexibility index (Phi) is 4.90. The minimum atomic E-state index is -0.916. The SMILES string of the molecule is [CH]c1cccc(C[N+]2(CCCOC)C(=O)C3(COc4cc5c(cc43)OCO5)c3ccccc32)c1. The first-order valence-electron chi connectivity index (χ1n) is 11.5. The van der Waals surface area contributed by atoms with Gasteiger partial charge in [-0.05, 0) is 30.7 Å². The van der Waals surface area contributed by atoms with Crippen LogP contribution < -0.4 is 18.7 Å². The maximum absolute atomic E-state index is 14.8. The molecule has 172 valence electrons. The number of hydrogen-bond donors (Lipinski definition) is 0. The van der Waals surface area contributed by atoms with E-state index in [4.69, 9.17) is 25.9 Å². The molecular weight excluding hydrogens is 430 g/mol. The Morgan fingerprint density at radius 2 is 1.79 bits per heavy atom. The third-order valence-corrected chi connectivity index (χ3v) is 7.25. The van der Waals surface area contributed by atoms with Crippen LogP contribution >= 0.6 is 0 Å². The lowest BCUT2D eigenvalue weighted by Crippen LogP contribution is -2.57. The molecule has 0 N–H and O–H groups in total. The number of fused-ring (bicyclic) bond motifs is 5. The normalized spacial score (nSPS) is 23.8. The molecule has 0 bridgehead atoms. The summed E-state index contributed by atoms with van der Waals surface area (Å²) in [5, 5.41) is 0. The first-order chi connectivity index (χ1) is 16.6. The van der Waals surface area contributed by atoms with Gasteiger partial charge in [-0.3, -0.25) is 0 Å². The van der Waals surface area contributed by atoms with Crippen LogP contribution in [0.5, 0.6) is 17.2 Å². The molecule has 3 aromatic rings. The van der Waals surface area contributed by atoms with Gasteiger partial charge >= 0.3 is 5.91 Å². The molecule has 0 saturated heterocycles. The Labute approximate surface area is 199 Å². The minimum absolute atomic E-state index is 0.102. The van der Waals surface area contributed by atoms with Crippen LogP contribution in [0.1, 0.15) is 28.7 Å². The second kappa shape index (κ2) is 7.86. The first kappa shape index (κ1) is 21.2. The molecule has 34 heavy (non-hydrogen) atoms. The second-order valence-corrected chi connectivity index (χ2v) is 9.16. The minimum Gasteiger partial charge on any atom is -0.491 e. The molecule has 3 heterocycles. The molecule has 0 saturated carbocycles. The molecule has 0 aliphatic carbocycles. The lowest BCUT2D eigenvalue weighted by molar-refractivity contribution is -0.134. The molecule has 0 aromatic heterocycles. The average molecular weight is 457 g/mol. The zero-order valence-corrected chi connectivity index (χ0v) is 19.1. The fourth-order valence-electron chi connectivity index (χ4n) is 5.78. The van der Waals surface area contributed by atoms with E-state index >= 15 is 0 Å². The van der Waals surface area contributed by atoms with Gasteiger partial charge in [-0.25, -0.2) is 9.28 Å². The van der Waals surface area contributed by atoms with E-state index in [1.54, 1.807) is 7.11 Å². The van der Waals surface area contributed by atoms with Crippen molar-refractivity contribution in [2.75, 3.05) is 33.7 Å². The molecule has 3 aromatic carbocycles. The zero-order valence-electron chi connectivity index (χ0n) is 19.1. The molecule has 2 radical (unpaired) electrons. The van der Waals surface area contributed by atoms with Crippen LogP contribution in [0.15, 0.2) is 60.7 Å². The number of carbonyl (C=O) groups excluding carboxylic acids is 1. The van der Waals surface area contributed by atoms with Crippen molar-refractivity contribution in [3.05, 3.63) is 89.8 Å². The fraction of sp³-hybridized carbons (Fsp3) is 0.286. The van der Waals surface area contributed by atoms with Crippen molar-refractivity contribution in [1.82, 2.24) is 4.48 Å². The monoisotopic (exact) mass is 456 g/mol. The summed E-state index contributed by atoms with van der Waals surface area (Å²) in [6.07, 6.45) is 0.740. The van der Waals surface area contributed by atoms with Gasteiger partial charge in [0.05, 0.1) is 13.2 Å². The van der Waals surface area contributed by atoms with Crippen LogP contribution in [0.3, 0.4) is 0 Å². The fourth-order valence-corrected chi connectivity index (χ4v) is 5.78. The molecule has 1 amide bonds. The average Bonchev–Trinajstić information content (AvgIpc) is 3.50. The van der Waals surface area contributed by atoms with E-state index in [9.17, 15) is 4.79 Å². The van der Waals surface area contributed by atoms with E-state index in [-0.39, 0.29) is 23.8 Å². The lowest BCUT2D eigenvalue weighted by Gasteiger charge is -2.34. The highest BCUT2D eigenvalue weighted by molar-refractivity contribution is 6.08. The predicted molar refractivity (Wildman–Crippen MR) is 127 cm³/mol.